The topological polar surface area (TPSA) is 50.8 Å². The molecule has 2 aliphatic rings. The largest absolute Gasteiger partial charge is 0.484 e. The Morgan fingerprint density at radius 2 is 1.70 bits per heavy atom. The van der Waals surface area contributed by atoms with Crippen LogP contribution in [0.3, 0.4) is 0 Å². The Hall–Kier alpha value is -3.22. The molecular weight excluding hydrogens is 419 g/mol. The van der Waals surface area contributed by atoms with E-state index < -0.39 is 6.10 Å². The summed E-state index contributed by atoms with van der Waals surface area (Å²) in [5, 5.41) is 3.03. The highest BCUT2D eigenvalue weighted by atomic mass is 19.1. The van der Waals surface area contributed by atoms with E-state index in [9.17, 15) is 9.18 Å². The van der Waals surface area contributed by atoms with Crippen molar-refractivity contribution in [3.8, 4) is 5.75 Å². The first kappa shape index (κ1) is 21.6. The molecule has 1 N–H and O–H groups in total. The monoisotopic (exact) mass is 446 g/mol. The van der Waals surface area contributed by atoms with Crippen LogP contribution in [0.15, 0.2) is 72.8 Å². The molecule has 0 bridgehead atoms. The maximum atomic E-state index is 14.5. The average Bonchev–Trinajstić information content (AvgIpc) is 3.02. The Labute approximate surface area is 193 Å². The summed E-state index contributed by atoms with van der Waals surface area (Å²) in [6.45, 7) is 2.23. The second kappa shape index (κ2) is 9.73. The lowest BCUT2D eigenvalue weighted by molar-refractivity contribution is -0.123. The predicted molar refractivity (Wildman–Crippen MR) is 123 cm³/mol. The van der Waals surface area contributed by atoms with Gasteiger partial charge in [0.1, 0.15) is 23.8 Å². The Morgan fingerprint density at radius 3 is 2.55 bits per heavy atom. The minimum atomic E-state index is -0.504. The SMILES string of the molecule is O=C(CN1Cc2ccccc2O[C@@H](c2ccccc2F)C1)NC[C@H]1OCCc2ccccc21. The highest BCUT2D eigenvalue weighted by Crippen LogP contribution is 2.32. The van der Waals surface area contributed by atoms with Gasteiger partial charge >= 0.3 is 0 Å². The number of hydrogen-bond acceptors (Lipinski definition) is 4. The third-order valence-corrected chi connectivity index (χ3v) is 6.26. The lowest BCUT2D eigenvalue weighted by Crippen LogP contribution is -2.40. The van der Waals surface area contributed by atoms with Crippen LogP contribution < -0.4 is 10.1 Å². The number of amides is 1. The van der Waals surface area contributed by atoms with Crippen molar-refractivity contribution in [2.75, 3.05) is 26.2 Å². The zero-order chi connectivity index (χ0) is 22.6. The summed E-state index contributed by atoms with van der Waals surface area (Å²) in [6.07, 6.45) is 0.250. The second-order valence-electron chi connectivity index (χ2n) is 8.52. The fourth-order valence-corrected chi connectivity index (χ4v) is 4.61. The molecule has 170 valence electrons. The van der Waals surface area contributed by atoms with Crippen LogP contribution in [0.1, 0.15) is 34.5 Å². The minimum Gasteiger partial charge on any atom is -0.484 e. The third-order valence-electron chi connectivity index (χ3n) is 6.26. The maximum absolute atomic E-state index is 14.5. The van der Waals surface area contributed by atoms with Crippen LogP contribution in [0.5, 0.6) is 5.75 Å². The standard InChI is InChI=1S/C27H27FN2O3/c28-23-11-5-4-10-22(23)26-17-30(16-20-8-2-6-12-24(20)33-26)18-27(31)29-15-25-21-9-3-1-7-19(21)13-14-32-25/h1-12,25-26H,13-18H2,(H,29,31)/t25-,26-/m1/s1. The van der Waals surface area contributed by atoms with Gasteiger partial charge in [0.2, 0.25) is 5.91 Å². The molecule has 5 nitrogen and oxygen atoms in total. The van der Waals surface area contributed by atoms with Crippen LogP contribution >= 0.6 is 0 Å². The number of fused-ring (bicyclic) bond motifs is 2. The van der Waals surface area contributed by atoms with Crippen LogP contribution in [-0.4, -0.2) is 37.0 Å². The van der Waals surface area contributed by atoms with E-state index in [1.807, 2.05) is 41.3 Å². The number of rotatable bonds is 5. The molecule has 0 unspecified atom stereocenters. The summed E-state index contributed by atoms with van der Waals surface area (Å²) in [5.41, 5.74) is 3.89. The van der Waals surface area contributed by atoms with Gasteiger partial charge in [0.05, 0.1) is 13.2 Å². The quantitative estimate of drug-likeness (QED) is 0.639. The Balaban J connectivity index is 1.28. The highest BCUT2D eigenvalue weighted by Gasteiger charge is 2.28. The van der Waals surface area contributed by atoms with E-state index in [1.165, 1.54) is 11.6 Å². The van der Waals surface area contributed by atoms with Crippen molar-refractivity contribution in [1.82, 2.24) is 10.2 Å². The Kier molecular flexibility index (Phi) is 6.37. The second-order valence-corrected chi connectivity index (χ2v) is 8.52. The average molecular weight is 447 g/mol. The molecule has 0 saturated heterocycles. The van der Waals surface area contributed by atoms with E-state index in [4.69, 9.17) is 9.47 Å². The maximum Gasteiger partial charge on any atom is 0.234 e. The first-order valence-electron chi connectivity index (χ1n) is 11.3. The molecule has 0 aliphatic carbocycles. The molecule has 0 fully saturated rings. The van der Waals surface area contributed by atoms with Gasteiger partial charge in [-0.05, 0) is 29.7 Å². The van der Waals surface area contributed by atoms with Crippen molar-refractivity contribution < 1.29 is 18.7 Å². The molecule has 0 radical (unpaired) electrons. The van der Waals surface area contributed by atoms with Crippen molar-refractivity contribution >= 4 is 5.91 Å². The van der Waals surface area contributed by atoms with Gasteiger partial charge < -0.3 is 14.8 Å². The van der Waals surface area contributed by atoms with Gasteiger partial charge in [-0.15, -0.1) is 0 Å². The number of benzene rings is 3. The van der Waals surface area contributed by atoms with Gasteiger partial charge in [-0.2, -0.15) is 0 Å². The minimum absolute atomic E-state index is 0.0895. The van der Waals surface area contributed by atoms with Crippen LogP contribution in [0.4, 0.5) is 4.39 Å². The molecule has 0 aromatic heterocycles. The van der Waals surface area contributed by atoms with E-state index in [0.717, 1.165) is 23.3 Å². The third kappa shape index (κ3) is 4.92. The van der Waals surface area contributed by atoms with Crippen LogP contribution in [-0.2, 0) is 22.5 Å². The fraction of sp³-hybridized carbons (Fsp3) is 0.296. The number of halogens is 1. The van der Waals surface area contributed by atoms with Crippen LogP contribution in [0.25, 0.3) is 0 Å². The van der Waals surface area contributed by atoms with Gasteiger partial charge in [0, 0.05) is 30.8 Å². The van der Waals surface area contributed by atoms with Crippen LogP contribution in [0.2, 0.25) is 0 Å². The van der Waals surface area contributed by atoms with Crippen molar-refractivity contribution in [3.05, 3.63) is 101 Å². The van der Waals surface area contributed by atoms with E-state index in [0.29, 0.717) is 31.8 Å². The highest BCUT2D eigenvalue weighted by molar-refractivity contribution is 5.78. The molecule has 5 rings (SSSR count). The van der Waals surface area contributed by atoms with E-state index >= 15 is 0 Å². The first-order valence-corrected chi connectivity index (χ1v) is 11.3. The fourth-order valence-electron chi connectivity index (χ4n) is 4.61. The van der Waals surface area contributed by atoms with E-state index in [1.54, 1.807) is 18.2 Å². The lowest BCUT2D eigenvalue weighted by Gasteiger charge is -2.27. The summed E-state index contributed by atoms with van der Waals surface area (Å²) in [4.78, 5) is 14.9. The molecule has 6 heteroatoms. The molecule has 3 aromatic rings. The molecule has 2 aliphatic heterocycles. The number of nitrogens with zero attached hydrogens (tertiary/aromatic N) is 1. The number of para-hydroxylation sites is 1. The Bertz CT molecular complexity index is 1140. The molecule has 0 spiro atoms. The number of ether oxygens (including phenoxy) is 2. The summed E-state index contributed by atoms with van der Waals surface area (Å²) < 4.78 is 26.6. The summed E-state index contributed by atoms with van der Waals surface area (Å²) in [7, 11) is 0. The van der Waals surface area contributed by atoms with Crippen molar-refractivity contribution in [3.63, 3.8) is 0 Å². The Morgan fingerprint density at radius 1 is 0.970 bits per heavy atom. The van der Waals surface area contributed by atoms with Gasteiger partial charge in [-0.25, -0.2) is 4.39 Å². The molecule has 33 heavy (non-hydrogen) atoms. The van der Waals surface area contributed by atoms with Crippen molar-refractivity contribution in [2.45, 2.75) is 25.2 Å². The predicted octanol–water partition coefficient (Wildman–Crippen LogP) is 4.19. The molecular formula is C27H27FN2O3. The van der Waals surface area contributed by atoms with E-state index in [-0.39, 0.29) is 24.4 Å². The number of carbonyl (C=O) groups is 1. The molecule has 2 atom stereocenters. The van der Waals surface area contributed by atoms with Crippen LogP contribution in [0, 0.1) is 5.82 Å². The summed E-state index contributed by atoms with van der Waals surface area (Å²) in [6, 6.07) is 22.6. The molecule has 2 heterocycles. The zero-order valence-electron chi connectivity index (χ0n) is 18.4. The summed E-state index contributed by atoms with van der Waals surface area (Å²) in [5.74, 6) is 0.327. The number of carbonyl (C=O) groups excluding carboxylic acids is 1. The van der Waals surface area contributed by atoms with Gasteiger partial charge in [0.25, 0.3) is 0 Å². The molecule has 0 saturated carbocycles. The lowest BCUT2D eigenvalue weighted by atomic mass is 9.97. The number of nitrogens with one attached hydrogen (secondary N) is 1. The van der Waals surface area contributed by atoms with Gasteiger partial charge in [-0.3, -0.25) is 9.69 Å². The molecule has 1 amide bonds. The first-order chi connectivity index (χ1) is 16.2. The van der Waals surface area contributed by atoms with Gasteiger partial charge in [0.15, 0.2) is 0 Å². The zero-order valence-corrected chi connectivity index (χ0v) is 18.4. The van der Waals surface area contributed by atoms with Gasteiger partial charge in [-0.1, -0.05) is 60.7 Å². The van der Waals surface area contributed by atoms with Crippen molar-refractivity contribution in [2.24, 2.45) is 0 Å². The van der Waals surface area contributed by atoms with E-state index in [2.05, 4.69) is 17.4 Å². The van der Waals surface area contributed by atoms with Crippen molar-refractivity contribution in [1.29, 1.82) is 0 Å². The summed E-state index contributed by atoms with van der Waals surface area (Å²) >= 11 is 0. The molecule has 3 aromatic carbocycles. The number of hydrogen-bond donors (Lipinski definition) is 1. The smallest absolute Gasteiger partial charge is 0.234 e. The normalized spacial score (nSPS) is 20.2.